The minimum absolute atomic E-state index is 0.529. The summed E-state index contributed by atoms with van der Waals surface area (Å²) in [7, 11) is 5.76. The molecule has 4 nitrogen and oxygen atoms in total. The Labute approximate surface area is 102 Å². The molecule has 0 fully saturated rings. The van der Waals surface area contributed by atoms with Crippen LogP contribution in [0.1, 0.15) is 16.8 Å². The summed E-state index contributed by atoms with van der Waals surface area (Å²) in [6.45, 7) is 1.62. The monoisotopic (exact) mass is 238 g/mol. The van der Waals surface area contributed by atoms with E-state index in [0.29, 0.717) is 23.7 Å². The van der Waals surface area contributed by atoms with Gasteiger partial charge in [-0.05, 0) is 12.1 Å². The molecule has 1 aromatic carbocycles. The van der Waals surface area contributed by atoms with Crippen LogP contribution in [0.4, 0.5) is 0 Å². The quantitative estimate of drug-likeness (QED) is 0.553. The van der Waals surface area contributed by atoms with Gasteiger partial charge in [0.25, 0.3) is 0 Å². The van der Waals surface area contributed by atoms with E-state index in [2.05, 4.69) is 14.1 Å². The van der Waals surface area contributed by atoms with Crippen molar-refractivity contribution >= 4 is 6.29 Å². The largest absolute Gasteiger partial charge is 0.493 e. The number of hydrogen-bond acceptors (Lipinski definition) is 3. The van der Waals surface area contributed by atoms with E-state index in [1.807, 2.05) is 0 Å². The lowest BCUT2D eigenvalue weighted by molar-refractivity contribution is -0.858. The molecule has 4 heteroatoms. The molecule has 0 aliphatic rings. The zero-order valence-corrected chi connectivity index (χ0v) is 10.7. The molecular formula is C13H20NO3+. The summed E-state index contributed by atoms with van der Waals surface area (Å²) in [5.41, 5.74) is 0.529. The SMILES string of the molecule is COc1cccc(C=O)c1OCCC[NH+](C)C. The van der Waals surface area contributed by atoms with Gasteiger partial charge >= 0.3 is 0 Å². The smallest absolute Gasteiger partial charge is 0.171 e. The molecule has 17 heavy (non-hydrogen) atoms. The predicted molar refractivity (Wildman–Crippen MR) is 66.2 cm³/mol. The second-order valence-corrected chi connectivity index (χ2v) is 4.16. The summed E-state index contributed by atoms with van der Waals surface area (Å²) in [6, 6.07) is 5.29. The maximum atomic E-state index is 10.9. The topological polar surface area (TPSA) is 40.0 Å². The molecule has 1 N–H and O–H groups in total. The predicted octanol–water partition coefficient (Wildman–Crippen LogP) is 0.421. The van der Waals surface area contributed by atoms with Crippen LogP contribution in [0.15, 0.2) is 18.2 Å². The van der Waals surface area contributed by atoms with Crippen molar-refractivity contribution in [3.63, 3.8) is 0 Å². The Bertz CT molecular complexity index is 364. The van der Waals surface area contributed by atoms with Crippen LogP contribution in [-0.2, 0) is 0 Å². The highest BCUT2D eigenvalue weighted by Crippen LogP contribution is 2.29. The number of methoxy groups -OCH3 is 1. The highest BCUT2D eigenvalue weighted by molar-refractivity contribution is 5.81. The van der Waals surface area contributed by atoms with E-state index in [1.165, 1.54) is 4.90 Å². The average Bonchev–Trinajstić information content (AvgIpc) is 2.34. The Kier molecular flexibility index (Phi) is 5.49. The van der Waals surface area contributed by atoms with E-state index < -0.39 is 0 Å². The lowest BCUT2D eigenvalue weighted by atomic mass is 10.2. The standard InChI is InChI=1S/C13H19NO3/c1-14(2)8-5-9-17-13-11(10-15)6-4-7-12(13)16-3/h4,6-7,10H,5,8-9H2,1-3H3/p+1. The molecule has 0 saturated heterocycles. The molecular weight excluding hydrogens is 218 g/mol. The van der Waals surface area contributed by atoms with E-state index in [1.54, 1.807) is 25.3 Å². The highest BCUT2D eigenvalue weighted by Gasteiger charge is 2.09. The van der Waals surface area contributed by atoms with E-state index >= 15 is 0 Å². The van der Waals surface area contributed by atoms with Crippen LogP contribution in [0.25, 0.3) is 0 Å². The number of carbonyl (C=O) groups excluding carboxylic acids is 1. The van der Waals surface area contributed by atoms with Gasteiger partial charge < -0.3 is 14.4 Å². The van der Waals surface area contributed by atoms with Gasteiger partial charge in [0.2, 0.25) is 0 Å². The maximum absolute atomic E-state index is 10.9. The van der Waals surface area contributed by atoms with Gasteiger partial charge in [-0.15, -0.1) is 0 Å². The fourth-order valence-electron chi connectivity index (χ4n) is 1.54. The lowest BCUT2D eigenvalue weighted by Gasteiger charge is -2.13. The van der Waals surface area contributed by atoms with E-state index in [-0.39, 0.29) is 0 Å². The first kappa shape index (κ1) is 13.5. The summed E-state index contributed by atoms with van der Waals surface area (Å²) in [5, 5.41) is 0. The molecule has 0 amide bonds. The third-order valence-electron chi connectivity index (χ3n) is 2.42. The van der Waals surface area contributed by atoms with Crippen molar-refractivity contribution in [2.75, 3.05) is 34.4 Å². The van der Waals surface area contributed by atoms with E-state index in [9.17, 15) is 4.79 Å². The molecule has 0 unspecified atom stereocenters. The van der Waals surface area contributed by atoms with E-state index in [0.717, 1.165) is 19.3 Å². The summed E-state index contributed by atoms with van der Waals surface area (Å²) in [6.07, 6.45) is 1.73. The number of rotatable bonds is 7. The minimum atomic E-state index is 0.529. The third kappa shape index (κ3) is 4.07. The van der Waals surface area contributed by atoms with Gasteiger partial charge in [0, 0.05) is 6.42 Å². The van der Waals surface area contributed by atoms with Crippen LogP contribution in [-0.4, -0.2) is 40.6 Å². The molecule has 0 aliphatic carbocycles. The van der Waals surface area contributed by atoms with Crippen molar-refractivity contribution in [1.29, 1.82) is 0 Å². The first-order valence-electron chi connectivity index (χ1n) is 5.73. The molecule has 1 aromatic rings. The molecule has 0 aliphatic heterocycles. The highest BCUT2D eigenvalue weighted by atomic mass is 16.5. The number of benzene rings is 1. The van der Waals surface area contributed by atoms with Gasteiger partial charge in [0.1, 0.15) is 0 Å². The van der Waals surface area contributed by atoms with Crippen molar-refractivity contribution in [3.8, 4) is 11.5 Å². The molecule has 0 saturated carbocycles. The Morgan fingerprint density at radius 2 is 2.12 bits per heavy atom. The molecule has 0 aromatic heterocycles. The van der Waals surface area contributed by atoms with E-state index in [4.69, 9.17) is 9.47 Å². The molecule has 0 atom stereocenters. The molecule has 1 rings (SSSR count). The molecule has 0 radical (unpaired) electrons. The zero-order chi connectivity index (χ0) is 12.7. The number of ether oxygens (including phenoxy) is 2. The summed E-state index contributed by atoms with van der Waals surface area (Å²) < 4.78 is 10.8. The van der Waals surface area contributed by atoms with Crippen LogP contribution < -0.4 is 14.4 Å². The van der Waals surface area contributed by atoms with Gasteiger partial charge in [-0.25, -0.2) is 0 Å². The number of aldehydes is 1. The molecule has 0 spiro atoms. The molecule has 0 heterocycles. The first-order valence-corrected chi connectivity index (χ1v) is 5.73. The normalized spacial score (nSPS) is 10.4. The van der Waals surface area contributed by atoms with Gasteiger partial charge in [-0.3, -0.25) is 4.79 Å². The van der Waals surface area contributed by atoms with Crippen LogP contribution in [0.5, 0.6) is 11.5 Å². The molecule has 0 bridgehead atoms. The Morgan fingerprint density at radius 1 is 1.35 bits per heavy atom. The van der Waals surface area contributed by atoms with Crippen molar-refractivity contribution in [1.82, 2.24) is 0 Å². The number of carbonyl (C=O) groups is 1. The number of nitrogens with one attached hydrogen (secondary N) is 1. The van der Waals surface area contributed by atoms with Crippen LogP contribution in [0.2, 0.25) is 0 Å². The third-order valence-corrected chi connectivity index (χ3v) is 2.42. The second kappa shape index (κ2) is 6.91. The fraction of sp³-hybridized carbons (Fsp3) is 0.462. The van der Waals surface area contributed by atoms with Crippen molar-refractivity contribution < 1.29 is 19.2 Å². The van der Waals surface area contributed by atoms with Crippen molar-refractivity contribution in [2.45, 2.75) is 6.42 Å². The van der Waals surface area contributed by atoms with Gasteiger partial charge in [0.15, 0.2) is 17.8 Å². The van der Waals surface area contributed by atoms with Crippen molar-refractivity contribution in [3.05, 3.63) is 23.8 Å². The van der Waals surface area contributed by atoms with Crippen LogP contribution in [0.3, 0.4) is 0 Å². The number of hydrogen-bond donors (Lipinski definition) is 1. The zero-order valence-electron chi connectivity index (χ0n) is 10.7. The Morgan fingerprint density at radius 3 is 2.71 bits per heavy atom. The van der Waals surface area contributed by atoms with Gasteiger partial charge in [-0.2, -0.15) is 0 Å². The van der Waals surface area contributed by atoms with Crippen molar-refractivity contribution in [2.24, 2.45) is 0 Å². The first-order chi connectivity index (χ1) is 8.19. The van der Waals surface area contributed by atoms with Crippen LogP contribution in [0, 0.1) is 0 Å². The number of quaternary nitrogens is 1. The number of para-hydroxylation sites is 1. The summed E-state index contributed by atoms with van der Waals surface area (Å²) in [4.78, 5) is 12.3. The summed E-state index contributed by atoms with van der Waals surface area (Å²) >= 11 is 0. The Balaban J connectivity index is 2.64. The maximum Gasteiger partial charge on any atom is 0.171 e. The fourth-order valence-corrected chi connectivity index (χ4v) is 1.54. The lowest BCUT2D eigenvalue weighted by Crippen LogP contribution is -3.05. The van der Waals surface area contributed by atoms with Crippen LogP contribution >= 0.6 is 0 Å². The second-order valence-electron chi connectivity index (χ2n) is 4.16. The Hall–Kier alpha value is -1.55. The van der Waals surface area contributed by atoms with Gasteiger partial charge in [-0.1, -0.05) is 6.07 Å². The average molecular weight is 238 g/mol. The molecule has 94 valence electrons. The minimum Gasteiger partial charge on any atom is -0.493 e. The summed E-state index contributed by atoms with van der Waals surface area (Å²) in [5.74, 6) is 1.14. The van der Waals surface area contributed by atoms with Gasteiger partial charge in [0.05, 0.1) is 39.9 Å².